The molecule has 0 aromatic rings. The topological polar surface area (TPSA) is 58.8 Å². The minimum Gasteiger partial charge on any atom is -0.444 e. The van der Waals surface area contributed by atoms with E-state index in [9.17, 15) is 4.79 Å². The van der Waals surface area contributed by atoms with E-state index in [1.165, 1.54) is 0 Å². The first kappa shape index (κ1) is 17.5. The molecule has 2 N–H and O–H groups in total. The minimum atomic E-state index is -0.418. The van der Waals surface area contributed by atoms with E-state index in [-0.39, 0.29) is 18.5 Å². The summed E-state index contributed by atoms with van der Waals surface area (Å²) in [6, 6.07) is 0.385. The van der Waals surface area contributed by atoms with Crippen LogP contribution in [0.1, 0.15) is 27.7 Å². The summed E-state index contributed by atoms with van der Waals surface area (Å²) in [6.07, 6.45) is -0.211. The van der Waals surface area contributed by atoms with Gasteiger partial charge in [0.2, 0.25) is 0 Å². The second kappa shape index (κ2) is 7.16. The largest absolute Gasteiger partial charge is 0.444 e. The summed E-state index contributed by atoms with van der Waals surface area (Å²) in [5.41, 5.74) is 5.22. The molecular formula is C12H26ClN3O2. The summed E-state index contributed by atoms with van der Waals surface area (Å²) in [4.78, 5) is 15.9. The van der Waals surface area contributed by atoms with Crippen LogP contribution >= 0.6 is 12.4 Å². The van der Waals surface area contributed by atoms with Gasteiger partial charge in [-0.1, -0.05) is 0 Å². The third-order valence-corrected chi connectivity index (χ3v) is 2.93. The van der Waals surface area contributed by atoms with Gasteiger partial charge in [0.05, 0.1) is 0 Å². The number of rotatable bonds is 2. The van der Waals surface area contributed by atoms with Gasteiger partial charge >= 0.3 is 6.09 Å². The number of hydrogen-bond acceptors (Lipinski definition) is 4. The fourth-order valence-corrected chi connectivity index (χ4v) is 1.82. The Bertz CT molecular complexity index is 261. The lowest BCUT2D eigenvalue weighted by Crippen LogP contribution is -2.53. The van der Waals surface area contributed by atoms with Crippen molar-refractivity contribution >= 4 is 18.5 Å². The van der Waals surface area contributed by atoms with Crippen molar-refractivity contribution in [3.63, 3.8) is 0 Å². The molecular weight excluding hydrogens is 254 g/mol. The SMILES string of the molecule is CC(CN)N1CCN(C(=O)OC(C)(C)C)CC1.Cl. The van der Waals surface area contributed by atoms with E-state index >= 15 is 0 Å². The van der Waals surface area contributed by atoms with E-state index < -0.39 is 5.60 Å². The standard InChI is InChI=1S/C12H25N3O2.ClH/c1-10(9-13)14-5-7-15(8-6-14)11(16)17-12(2,3)4;/h10H,5-9,13H2,1-4H3;1H. The lowest BCUT2D eigenvalue weighted by Gasteiger charge is -2.38. The van der Waals surface area contributed by atoms with Gasteiger partial charge in [-0.25, -0.2) is 4.79 Å². The quantitative estimate of drug-likeness (QED) is 0.828. The van der Waals surface area contributed by atoms with Crippen molar-refractivity contribution in [1.82, 2.24) is 9.80 Å². The molecule has 1 atom stereocenters. The molecule has 0 bridgehead atoms. The Morgan fingerprint density at radius 3 is 2.17 bits per heavy atom. The number of nitrogens with zero attached hydrogens (tertiary/aromatic N) is 2. The maximum atomic E-state index is 11.8. The Hall–Kier alpha value is -0.520. The number of nitrogens with two attached hydrogens (primary N) is 1. The average Bonchev–Trinajstić information content (AvgIpc) is 2.26. The fourth-order valence-electron chi connectivity index (χ4n) is 1.82. The Morgan fingerprint density at radius 2 is 1.78 bits per heavy atom. The normalized spacial score (nSPS) is 19.1. The van der Waals surface area contributed by atoms with Gasteiger partial charge in [0.1, 0.15) is 5.60 Å². The molecule has 18 heavy (non-hydrogen) atoms. The molecule has 1 fully saturated rings. The van der Waals surface area contributed by atoms with Crippen LogP contribution in [0.25, 0.3) is 0 Å². The van der Waals surface area contributed by atoms with Crippen LogP contribution in [0, 0.1) is 0 Å². The van der Waals surface area contributed by atoms with Crippen LogP contribution in [-0.2, 0) is 4.74 Å². The summed E-state index contributed by atoms with van der Waals surface area (Å²) in [5.74, 6) is 0. The van der Waals surface area contributed by atoms with Crippen molar-refractivity contribution in [2.45, 2.75) is 39.3 Å². The summed E-state index contributed by atoms with van der Waals surface area (Å²) < 4.78 is 5.34. The highest BCUT2D eigenvalue weighted by molar-refractivity contribution is 5.85. The number of ether oxygens (including phenoxy) is 1. The van der Waals surface area contributed by atoms with Gasteiger partial charge < -0.3 is 15.4 Å². The van der Waals surface area contributed by atoms with Crippen LogP contribution in [0.4, 0.5) is 4.79 Å². The zero-order valence-corrected chi connectivity index (χ0v) is 12.6. The Kier molecular flexibility index (Phi) is 6.96. The highest BCUT2D eigenvalue weighted by atomic mass is 35.5. The van der Waals surface area contributed by atoms with E-state index in [1.807, 2.05) is 20.8 Å². The summed E-state index contributed by atoms with van der Waals surface area (Å²) in [7, 11) is 0. The molecule has 0 saturated carbocycles. The predicted octanol–water partition coefficient (Wildman–Crippen LogP) is 1.31. The van der Waals surface area contributed by atoms with Crippen LogP contribution < -0.4 is 5.73 Å². The first-order chi connectivity index (χ1) is 7.83. The molecule has 108 valence electrons. The zero-order valence-electron chi connectivity index (χ0n) is 11.8. The molecule has 5 nitrogen and oxygen atoms in total. The molecule has 0 aromatic carbocycles. The maximum absolute atomic E-state index is 11.8. The lowest BCUT2D eigenvalue weighted by atomic mass is 10.2. The van der Waals surface area contributed by atoms with Crippen molar-refractivity contribution in [2.24, 2.45) is 5.73 Å². The van der Waals surface area contributed by atoms with Crippen LogP contribution in [0.5, 0.6) is 0 Å². The van der Waals surface area contributed by atoms with Crippen molar-refractivity contribution in [2.75, 3.05) is 32.7 Å². The minimum absolute atomic E-state index is 0. The predicted molar refractivity (Wildman–Crippen MR) is 75.1 cm³/mol. The Morgan fingerprint density at radius 1 is 1.28 bits per heavy atom. The fraction of sp³-hybridized carbons (Fsp3) is 0.917. The average molecular weight is 280 g/mol. The smallest absolute Gasteiger partial charge is 0.410 e. The molecule has 1 aliphatic heterocycles. The number of hydrogen-bond donors (Lipinski definition) is 1. The molecule has 1 amide bonds. The number of carbonyl (C=O) groups is 1. The van der Waals surface area contributed by atoms with Gasteiger partial charge in [-0.2, -0.15) is 0 Å². The van der Waals surface area contributed by atoms with E-state index in [4.69, 9.17) is 10.5 Å². The van der Waals surface area contributed by atoms with E-state index in [0.29, 0.717) is 12.6 Å². The molecule has 1 aliphatic rings. The molecule has 1 heterocycles. The maximum Gasteiger partial charge on any atom is 0.410 e. The molecule has 1 rings (SSSR count). The van der Waals surface area contributed by atoms with Crippen LogP contribution in [-0.4, -0.2) is 60.3 Å². The molecule has 6 heteroatoms. The lowest BCUT2D eigenvalue weighted by molar-refractivity contribution is 0.0115. The molecule has 0 aliphatic carbocycles. The molecule has 0 spiro atoms. The molecule has 1 unspecified atom stereocenters. The number of amides is 1. The van der Waals surface area contributed by atoms with Crippen LogP contribution in [0.2, 0.25) is 0 Å². The first-order valence-electron chi connectivity index (χ1n) is 6.25. The van der Waals surface area contributed by atoms with Gasteiger partial charge in [0.25, 0.3) is 0 Å². The Labute approximate surface area is 116 Å². The van der Waals surface area contributed by atoms with Crippen LogP contribution in [0.15, 0.2) is 0 Å². The molecule has 0 aromatic heterocycles. The first-order valence-corrected chi connectivity index (χ1v) is 6.25. The van der Waals surface area contributed by atoms with Crippen molar-refractivity contribution in [1.29, 1.82) is 0 Å². The third-order valence-electron chi connectivity index (χ3n) is 2.93. The number of carbonyl (C=O) groups excluding carboxylic acids is 1. The second-order valence-corrected chi connectivity index (χ2v) is 5.59. The van der Waals surface area contributed by atoms with Crippen molar-refractivity contribution < 1.29 is 9.53 Å². The van der Waals surface area contributed by atoms with Gasteiger partial charge in [0, 0.05) is 38.8 Å². The summed E-state index contributed by atoms with van der Waals surface area (Å²) in [5, 5.41) is 0. The number of piperazine rings is 1. The zero-order chi connectivity index (χ0) is 13.1. The highest BCUT2D eigenvalue weighted by Crippen LogP contribution is 2.12. The van der Waals surface area contributed by atoms with E-state index in [0.717, 1.165) is 26.2 Å². The van der Waals surface area contributed by atoms with Crippen LogP contribution in [0.3, 0.4) is 0 Å². The third kappa shape index (κ3) is 5.42. The number of halogens is 1. The monoisotopic (exact) mass is 279 g/mol. The van der Waals surface area contributed by atoms with Gasteiger partial charge in [0.15, 0.2) is 0 Å². The Balaban J connectivity index is 0.00000289. The van der Waals surface area contributed by atoms with Gasteiger partial charge in [-0.15, -0.1) is 12.4 Å². The molecule has 0 radical (unpaired) electrons. The molecule has 1 saturated heterocycles. The van der Waals surface area contributed by atoms with Gasteiger partial charge in [-0.3, -0.25) is 4.90 Å². The summed E-state index contributed by atoms with van der Waals surface area (Å²) >= 11 is 0. The van der Waals surface area contributed by atoms with Gasteiger partial charge in [-0.05, 0) is 27.7 Å². The van der Waals surface area contributed by atoms with Crippen molar-refractivity contribution in [3.8, 4) is 0 Å². The van der Waals surface area contributed by atoms with E-state index in [1.54, 1.807) is 4.90 Å². The second-order valence-electron chi connectivity index (χ2n) is 5.59. The van der Waals surface area contributed by atoms with Crippen molar-refractivity contribution in [3.05, 3.63) is 0 Å². The van der Waals surface area contributed by atoms with E-state index in [2.05, 4.69) is 11.8 Å². The highest BCUT2D eigenvalue weighted by Gasteiger charge is 2.26. The summed E-state index contributed by atoms with van der Waals surface area (Å²) in [6.45, 7) is 11.6.